The van der Waals surface area contributed by atoms with Crippen molar-refractivity contribution in [3.63, 3.8) is 0 Å². The topological polar surface area (TPSA) is 35.5 Å². The summed E-state index contributed by atoms with van der Waals surface area (Å²) in [5.74, 6) is 1.26. The number of carbonyl (C=O) groups excluding carboxylic acids is 1. The standard InChI is InChI=1S/C17H20O3/c1-2-19-15-8-3-13(4-9-15)5-10-16(18)20-17(11-12-17)14-6-7-14/h3-5,8-10,14H,2,6-7,11-12H2,1H3/b10-5-. The first-order valence-corrected chi connectivity index (χ1v) is 7.36. The molecule has 0 aromatic heterocycles. The molecule has 3 rings (SSSR count). The fourth-order valence-corrected chi connectivity index (χ4v) is 2.57. The van der Waals surface area contributed by atoms with E-state index in [9.17, 15) is 4.79 Å². The molecule has 20 heavy (non-hydrogen) atoms. The summed E-state index contributed by atoms with van der Waals surface area (Å²) in [5.41, 5.74) is 0.877. The first-order chi connectivity index (χ1) is 9.72. The minimum Gasteiger partial charge on any atom is -0.494 e. The largest absolute Gasteiger partial charge is 0.494 e. The summed E-state index contributed by atoms with van der Waals surface area (Å²) in [6.45, 7) is 2.61. The van der Waals surface area contributed by atoms with Gasteiger partial charge in [-0.25, -0.2) is 4.79 Å². The van der Waals surface area contributed by atoms with Crippen molar-refractivity contribution in [2.24, 2.45) is 5.92 Å². The highest BCUT2D eigenvalue weighted by Gasteiger charge is 2.57. The van der Waals surface area contributed by atoms with Gasteiger partial charge in [-0.05, 0) is 62.3 Å². The molecule has 2 saturated carbocycles. The second-order valence-electron chi connectivity index (χ2n) is 5.60. The van der Waals surface area contributed by atoms with E-state index in [4.69, 9.17) is 9.47 Å². The Morgan fingerprint density at radius 2 is 2.00 bits per heavy atom. The zero-order valence-electron chi connectivity index (χ0n) is 11.8. The van der Waals surface area contributed by atoms with Crippen molar-refractivity contribution in [2.75, 3.05) is 6.61 Å². The zero-order chi connectivity index (χ0) is 14.0. The van der Waals surface area contributed by atoms with Crippen LogP contribution in [0.2, 0.25) is 0 Å². The summed E-state index contributed by atoms with van der Waals surface area (Å²) in [7, 11) is 0. The van der Waals surface area contributed by atoms with E-state index in [0.29, 0.717) is 12.5 Å². The second-order valence-corrected chi connectivity index (χ2v) is 5.60. The SMILES string of the molecule is CCOc1ccc(/C=C\C(=O)OC2(C3CC3)CC2)cc1. The number of hydrogen-bond donors (Lipinski definition) is 0. The Kier molecular flexibility index (Phi) is 3.51. The van der Waals surface area contributed by atoms with Crippen LogP contribution in [0.1, 0.15) is 38.2 Å². The molecule has 0 amide bonds. The van der Waals surface area contributed by atoms with Crippen LogP contribution < -0.4 is 4.74 Å². The van der Waals surface area contributed by atoms with Crippen LogP contribution in [-0.2, 0) is 9.53 Å². The first-order valence-electron chi connectivity index (χ1n) is 7.36. The van der Waals surface area contributed by atoms with Crippen LogP contribution in [0.5, 0.6) is 5.75 Å². The Morgan fingerprint density at radius 1 is 1.30 bits per heavy atom. The maximum absolute atomic E-state index is 11.8. The van der Waals surface area contributed by atoms with E-state index in [0.717, 1.165) is 24.2 Å². The zero-order valence-corrected chi connectivity index (χ0v) is 11.8. The number of hydrogen-bond acceptors (Lipinski definition) is 3. The summed E-state index contributed by atoms with van der Waals surface area (Å²) < 4.78 is 11.0. The van der Waals surface area contributed by atoms with E-state index in [-0.39, 0.29) is 11.6 Å². The van der Waals surface area contributed by atoms with E-state index in [1.54, 1.807) is 6.08 Å². The van der Waals surface area contributed by atoms with Gasteiger partial charge in [0.25, 0.3) is 0 Å². The van der Waals surface area contributed by atoms with Gasteiger partial charge in [0.2, 0.25) is 0 Å². The van der Waals surface area contributed by atoms with Crippen LogP contribution in [0.4, 0.5) is 0 Å². The Bertz CT molecular complexity index is 508. The van der Waals surface area contributed by atoms with Crippen molar-refractivity contribution < 1.29 is 14.3 Å². The van der Waals surface area contributed by atoms with Gasteiger partial charge in [0.15, 0.2) is 0 Å². The molecule has 2 aliphatic rings. The molecule has 1 aromatic carbocycles. The van der Waals surface area contributed by atoms with Gasteiger partial charge in [0.1, 0.15) is 11.4 Å². The van der Waals surface area contributed by atoms with Gasteiger partial charge >= 0.3 is 5.97 Å². The molecule has 0 spiro atoms. The lowest BCUT2D eigenvalue weighted by Gasteiger charge is -2.13. The molecular formula is C17H20O3. The van der Waals surface area contributed by atoms with Gasteiger partial charge in [0.05, 0.1) is 6.61 Å². The van der Waals surface area contributed by atoms with Crippen LogP contribution in [0, 0.1) is 5.92 Å². The normalized spacial score (nSPS) is 19.9. The van der Waals surface area contributed by atoms with E-state index >= 15 is 0 Å². The summed E-state index contributed by atoms with van der Waals surface area (Å²) in [6, 6.07) is 7.67. The molecule has 0 aliphatic heterocycles. The molecule has 0 unspecified atom stereocenters. The van der Waals surface area contributed by atoms with Crippen molar-refractivity contribution >= 4 is 12.0 Å². The second kappa shape index (κ2) is 5.31. The molecule has 0 saturated heterocycles. The maximum atomic E-state index is 11.8. The third-order valence-electron chi connectivity index (χ3n) is 3.97. The number of benzene rings is 1. The van der Waals surface area contributed by atoms with Crippen LogP contribution in [-0.4, -0.2) is 18.2 Å². The minimum absolute atomic E-state index is 0.0970. The summed E-state index contributed by atoms with van der Waals surface area (Å²) in [6.07, 6.45) is 7.84. The molecule has 0 heterocycles. The summed E-state index contributed by atoms with van der Waals surface area (Å²) in [4.78, 5) is 11.8. The number of rotatable bonds is 6. The van der Waals surface area contributed by atoms with E-state index in [1.807, 2.05) is 31.2 Å². The van der Waals surface area contributed by atoms with Gasteiger partial charge in [-0.3, -0.25) is 0 Å². The molecule has 3 heteroatoms. The average molecular weight is 272 g/mol. The van der Waals surface area contributed by atoms with Crippen LogP contribution >= 0.6 is 0 Å². The fraction of sp³-hybridized carbons (Fsp3) is 0.471. The molecule has 0 bridgehead atoms. The molecule has 0 radical (unpaired) electrons. The third kappa shape index (κ3) is 3.03. The molecule has 3 nitrogen and oxygen atoms in total. The van der Waals surface area contributed by atoms with Gasteiger partial charge in [0, 0.05) is 6.08 Å². The highest BCUT2D eigenvalue weighted by atomic mass is 16.6. The third-order valence-corrected chi connectivity index (χ3v) is 3.97. The van der Waals surface area contributed by atoms with Crippen LogP contribution in [0.3, 0.4) is 0 Å². The Hall–Kier alpha value is -1.77. The van der Waals surface area contributed by atoms with E-state index < -0.39 is 0 Å². The van der Waals surface area contributed by atoms with E-state index in [1.165, 1.54) is 18.9 Å². The monoisotopic (exact) mass is 272 g/mol. The predicted molar refractivity (Wildman–Crippen MR) is 77.4 cm³/mol. The Labute approximate surface area is 119 Å². The van der Waals surface area contributed by atoms with Gasteiger partial charge in [-0.2, -0.15) is 0 Å². The lowest BCUT2D eigenvalue weighted by molar-refractivity contribution is -0.146. The summed E-state index contributed by atoms with van der Waals surface area (Å²) in [5, 5.41) is 0. The van der Waals surface area contributed by atoms with Crippen molar-refractivity contribution in [2.45, 2.75) is 38.2 Å². The quantitative estimate of drug-likeness (QED) is 0.586. The predicted octanol–water partition coefficient (Wildman–Crippen LogP) is 3.58. The van der Waals surface area contributed by atoms with Gasteiger partial charge in [-0.15, -0.1) is 0 Å². The highest BCUT2D eigenvalue weighted by molar-refractivity contribution is 5.87. The molecule has 0 atom stereocenters. The van der Waals surface area contributed by atoms with Crippen molar-refractivity contribution in [1.29, 1.82) is 0 Å². The Balaban J connectivity index is 1.55. The molecular weight excluding hydrogens is 252 g/mol. The van der Waals surface area contributed by atoms with Gasteiger partial charge < -0.3 is 9.47 Å². The maximum Gasteiger partial charge on any atom is 0.331 e. The van der Waals surface area contributed by atoms with E-state index in [2.05, 4.69) is 0 Å². The van der Waals surface area contributed by atoms with Crippen molar-refractivity contribution in [1.82, 2.24) is 0 Å². The summed E-state index contributed by atoms with van der Waals surface area (Å²) >= 11 is 0. The molecule has 2 fully saturated rings. The smallest absolute Gasteiger partial charge is 0.331 e. The van der Waals surface area contributed by atoms with Crippen LogP contribution in [0.15, 0.2) is 30.3 Å². The number of ether oxygens (including phenoxy) is 2. The average Bonchev–Trinajstić information content (AvgIpc) is 3.31. The number of esters is 1. The lowest BCUT2D eigenvalue weighted by Crippen LogP contribution is -2.20. The van der Waals surface area contributed by atoms with Gasteiger partial charge in [-0.1, -0.05) is 12.1 Å². The number of carbonyl (C=O) groups is 1. The molecule has 1 aromatic rings. The lowest BCUT2D eigenvalue weighted by atomic mass is 10.2. The first kappa shape index (κ1) is 13.2. The molecule has 2 aliphatic carbocycles. The van der Waals surface area contributed by atoms with Crippen molar-refractivity contribution in [3.05, 3.63) is 35.9 Å². The molecule has 0 N–H and O–H groups in total. The minimum atomic E-state index is -0.219. The fourth-order valence-electron chi connectivity index (χ4n) is 2.57. The Morgan fingerprint density at radius 3 is 2.55 bits per heavy atom. The molecule has 106 valence electrons. The van der Waals surface area contributed by atoms with Crippen LogP contribution in [0.25, 0.3) is 6.08 Å². The highest BCUT2D eigenvalue weighted by Crippen LogP contribution is 2.56. The van der Waals surface area contributed by atoms with Crippen molar-refractivity contribution in [3.8, 4) is 5.75 Å².